The van der Waals surface area contributed by atoms with E-state index in [0.29, 0.717) is 24.5 Å². The first-order chi connectivity index (χ1) is 12.2. The lowest BCUT2D eigenvalue weighted by Crippen LogP contribution is -2.37. The summed E-state index contributed by atoms with van der Waals surface area (Å²) in [5.74, 6) is -2.62. The van der Waals surface area contributed by atoms with Gasteiger partial charge >= 0.3 is 23.6 Å². The summed E-state index contributed by atoms with van der Waals surface area (Å²) in [4.78, 5) is 47.1. The fraction of sp³-hybridized carbons (Fsp3) is 0.444. The number of carbonyl (C=O) groups is 4. The average Bonchev–Trinajstić information content (AvgIpc) is 2.57. The summed E-state index contributed by atoms with van der Waals surface area (Å²) in [6.45, 7) is 8.47. The van der Waals surface area contributed by atoms with Gasteiger partial charge in [0, 0.05) is 24.5 Å². The number of hydrogen-bond donors (Lipinski definition) is 4. The molecule has 0 aliphatic rings. The molecule has 0 fully saturated rings. The fourth-order valence-corrected chi connectivity index (χ4v) is 1.80. The topological polar surface area (TPSA) is 116 Å². The van der Waals surface area contributed by atoms with Gasteiger partial charge in [0.15, 0.2) is 0 Å². The van der Waals surface area contributed by atoms with Crippen LogP contribution in [0.15, 0.2) is 24.3 Å². The van der Waals surface area contributed by atoms with Gasteiger partial charge in [0.1, 0.15) is 0 Å². The van der Waals surface area contributed by atoms with Crippen LogP contribution < -0.4 is 21.3 Å². The van der Waals surface area contributed by atoms with Crippen molar-refractivity contribution in [3.8, 4) is 0 Å². The summed E-state index contributed by atoms with van der Waals surface area (Å²) in [6.07, 6.45) is 0. The number of anilines is 2. The second kappa shape index (κ2) is 10.2. The first-order valence-electron chi connectivity index (χ1n) is 8.47. The van der Waals surface area contributed by atoms with Crippen molar-refractivity contribution >= 4 is 35.0 Å². The van der Waals surface area contributed by atoms with Crippen LogP contribution in [0.4, 0.5) is 11.4 Å². The summed E-state index contributed by atoms with van der Waals surface area (Å²) < 4.78 is 0. The molecule has 0 unspecified atom stereocenters. The third-order valence-electron chi connectivity index (χ3n) is 3.13. The second-order valence-electron chi connectivity index (χ2n) is 6.70. The van der Waals surface area contributed by atoms with Crippen LogP contribution >= 0.6 is 0 Å². The van der Waals surface area contributed by atoms with Crippen LogP contribution in [0.2, 0.25) is 0 Å². The summed E-state index contributed by atoms with van der Waals surface area (Å²) in [5, 5.41) is 9.92. The maximum atomic E-state index is 11.8. The Labute approximate surface area is 153 Å². The molecule has 4 N–H and O–H groups in total. The Kier molecular flexibility index (Phi) is 8.27. The van der Waals surface area contributed by atoms with Gasteiger partial charge in [0.05, 0.1) is 0 Å². The van der Waals surface area contributed by atoms with E-state index in [-0.39, 0.29) is 11.8 Å². The summed E-state index contributed by atoms with van der Waals surface area (Å²) in [5.41, 5.74) is 0.658. The molecule has 1 rings (SSSR count). The molecule has 8 heteroatoms. The highest BCUT2D eigenvalue weighted by molar-refractivity contribution is 6.40. The van der Waals surface area contributed by atoms with Gasteiger partial charge in [-0.15, -0.1) is 0 Å². The van der Waals surface area contributed by atoms with Crippen LogP contribution in [0.1, 0.15) is 27.7 Å². The van der Waals surface area contributed by atoms with E-state index in [9.17, 15) is 19.2 Å². The average molecular weight is 362 g/mol. The maximum absolute atomic E-state index is 11.8. The summed E-state index contributed by atoms with van der Waals surface area (Å²) >= 11 is 0. The number of benzene rings is 1. The Morgan fingerprint density at radius 3 is 1.46 bits per heavy atom. The minimum atomic E-state index is -0.802. The predicted molar refractivity (Wildman–Crippen MR) is 99.4 cm³/mol. The molecular weight excluding hydrogens is 336 g/mol. The Morgan fingerprint density at radius 1 is 0.731 bits per heavy atom. The van der Waals surface area contributed by atoms with E-state index >= 15 is 0 Å². The van der Waals surface area contributed by atoms with E-state index in [1.165, 1.54) is 6.07 Å². The van der Waals surface area contributed by atoms with Gasteiger partial charge < -0.3 is 21.3 Å². The third kappa shape index (κ3) is 7.78. The van der Waals surface area contributed by atoms with Gasteiger partial charge in [0.25, 0.3) is 0 Å². The van der Waals surface area contributed by atoms with Crippen molar-refractivity contribution in [2.75, 3.05) is 23.7 Å². The van der Waals surface area contributed by atoms with Crippen molar-refractivity contribution in [3.63, 3.8) is 0 Å². The molecule has 4 amide bonds. The predicted octanol–water partition coefficient (Wildman–Crippen LogP) is 1.11. The van der Waals surface area contributed by atoms with E-state index in [2.05, 4.69) is 21.3 Å². The molecule has 1 aromatic rings. The van der Waals surface area contributed by atoms with Gasteiger partial charge in [-0.2, -0.15) is 0 Å². The van der Waals surface area contributed by atoms with Gasteiger partial charge in [-0.05, 0) is 30.0 Å². The highest BCUT2D eigenvalue weighted by atomic mass is 16.2. The lowest BCUT2D eigenvalue weighted by molar-refractivity contribution is -0.136. The zero-order valence-corrected chi connectivity index (χ0v) is 15.5. The molecule has 0 saturated carbocycles. The summed E-state index contributed by atoms with van der Waals surface area (Å²) in [7, 11) is 0. The Morgan fingerprint density at radius 2 is 1.12 bits per heavy atom. The van der Waals surface area contributed by atoms with Crippen molar-refractivity contribution < 1.29 is 19.2 Å². The first-order valence-corrected chi connectivity index (χ1v) is 8.47. The molecular formula is C18H26N4O4. The van der Waals surface area contributed by atoms with Crippen LogP contribution in [-0.2, 0) is 19.2 Å². The van der Waals surface area contributed by atoms with Crippen LogP contribution in [0.25, 0.3) is 0 Å². The smallest absolute Gasteiger partial charge is 0.313 e. The fourth-order valence-electron chi connectivity index (χ4n) is 1.80. The van der Waals surface area contributed by atoms with Crippen molar-refractivity contribution in [1.29, 1.82) is 0 Å². The van der Waals surface area contributed by atoms with Crippen LogP contribution in [0.5, 0.6) is 0 Å². The highest BCUT2D eigenvalue weighted by Crippen LogP contribution is 2.15. The molecule has 0 saturated heterocycles. The zero-order chi connectivity index (χ0) is 19.7. The number of nitrogens with one attached hydrogen (secondary N) is 4. The molecule has 0 atom stereocenters. The van der Waals surface area contributed by atoms with Gasteiger partial charge in [0.2, 0.25) is 0 Å². The van der Waals surface area contributed by atoms with Gasteiger partial charge in [-0.3, -0.25) is 19.2 Å². The molecule has 0 aromatic heterocycles. The lowest BCUT2D eigenvalue weighted by atomic mass is 10.2. The number of hydrogen-bond acceptors (Lipinski definition) is 4. The quantitative estimate of drug-likeness (QED) is 0.567. The SMILES string of the molecule is CC(C)CNC(=O)C(=O)Nc1cccc(NC(=O)C(=O)NCC(C)C)c1. The Balaban J connectivity index is 2.62. The van der Waals surface area contributed by atoms with Crippen LogP contribution in [-0.4, -0.2) is 36.7 Å². The highest BCUT2D eigenvalue weighted by Gasteiger charge is 2.16. The second-order valence-corrected chi connectivity index (χ2v) is 6.70. The number of carbonyl (C=O) groups excluding carboxylic acids is 4. The number of rotatable bonds is 6. The molecule has 0 radical (unpaired) electrons. The molecule has 0 spiro atoms. The monoisotopic (exact) mass is 362 g/mol. The minimum absolute atomic E-state index is 0.229. The molecule has 0 aliphatic carbocycles. The molecule has 1 aromatic carbocycles. The summed E-state index contributed by atoms with van der Waals surface area (Å²) in [6, 6.07) is 6.19. The van der Waals surface area contributed by atoms with Crippen molar-refractivity contribution in [3.05, 3.63) is 24.3 Å². The van der Waals surface area contributed by atoms with Gasteiger partial charge in [-0.25, -0.2) is 0 Å². The van der Waals surface area contributed by atoms with E-state index in [1.54, 1.807) is 18.2 Å². The van der Waals surface area contributed by atoms with Crippen LogP contribution in [0, 0.1) is 11.8 Å². The van der Waals surface area contributed by atoms with Crippen molar-refractivity contribution in [1.82, 2.24) is 10.6 Å². The van der Waals surface area contributed by atoms with E-state index < -0.39 is 23.6 Å². The van der Waals surface area contributed by atoms with Gasteiger partial charge in [-0.1, -0.05) is 33.8 Å². The third-order valence-corrected chi connectivity index (χ3v) is 3.13. The molecule has 142 valence electrons. The van der Waals surface area contributed by atoms with Crippen molar-refractivity contribution in [2.24, 2.45) is 11.8 Å². The molecule has 0 bridgehead atoms. The molecule has 8 nitrogen and oxygen atoms in total. The van der Waals surface area contributed by atoms with Crippen molar-refractivity contribution in [2.45, 2.75) is 27.7 Å². The normalized spacial score (nSPS) is 10.4. The Bertz CT molecular complexity index is 618. The van der Waals surface area contributed by atoms with Crippen LogP contribution in [0.3, 0.4) is 0 Å². The largest absolute Gasteiger partial charge is 0.348 e. The number of amides is 4. The minimum Gasteiger partial charge on any atom is -0.348 e. The van der Waals surface area contributed by atoms with E-state index in [4.69, 9.17) is 0 Å². The zero-order valence-electron chi connectivity index (χ0n) is 15.5. The molecule has 0 aliphatic heterocycles. The first kappa shape index (κ1) is 21.1. The maximum Gasteiger partial charge on any atom is 0.313 e. The molecule has 26 heavy (non-hydrogen) atoms. The van der Waals surface area contributed by atoms with E-state index in [0.717, 1.165) is 0 Å². The molecule has 0 heterocycles. The standard InChI is InChI=1S/C18H26N4O4/c1-11(2)9-19-15(23)17(25)21-13-6-5-7-14(8-13)22-18(26)16(24)20-10-12(3)4/h5-8,11-12H,9-10H2,1-4H3,(H,19,23)(H,20,24)(H,21,25)(H,22,26). The van der Waals surface area contributed by atoms with E-state index in [1.807, 2.05) is 27.7 Å². The Hall–Kier alpha value is -2.90. The lowest BCUT2D eigenvalue weighted by Gasteiger charge is -2.10.